The summed E-state index contributed by atoms with van der Waals surface area (Å²) in [6.45, 7) is 0. The first-order valence-electron chi connectivity index (χ1n) is 10.5. The Morgan fingerprint density at radius 3 is 1.69 bits per heavy atom. The van der Waals surface area contributed by atoms with Crippen LogP contribution in [0.25, 0.3) is 44.4 Å². The van der Waals surface area contributed by atoms with Crippen molar-refractivity contribution in [1.29, 1.82) is 0 Å². The normalized spacial score (nSPS) is 10.8. The third kappa shape index (κ3) is 3.69. The molecule has 0 radical (unpaired) electrons. The average molecular weight is 418 g/mol. The fraction of sp³-hybridized carbons (Fsp3) is 0.0690. The number of nitrogens with zero attached hydrogens (tertiary/aromatic N) is 1. The first-order valence-corrected chi connectivity index (χ1v) is 10.5. The molecule has 4 aromatic carbocycles. The maximum Gasteiger partial charge on any atom is 0.162 e. The molecule has 0 N–H and O–H groups in total. The van der Waals surface area contributed by atoms with Gasteiger partial charge in [-0.2, -0.15) is 0 Å². The van der Waals surface area contributed by atoms with E-state index in [1.165, 1.54) is 11.1 Å². The van der Waals surface area contributed by atoms with Gasteiger partial charge < -0.3 is 9.47 Å². The third-order valence-electron chi connectivity index (χ3n) is 5.69. The van der Waals surface area contributed by atoms with Crippen molar-refractivity contribution in [1.82, 2.24) is 4.98 Å². The van der Waals surface area contributed by atoms with Crippen LogP contribution in [0.2, 0.25) is 0 Å². The summed E-state index contributed by atoms with van der Waals surface area (Å²) in [7, 11) is 3.30. The first-order chi connectivity index (χ1) is 15.8. The zero-order valence-corrected chi connectivity index (χ0v) is 18.1. The Bertz CT molecular complexity index is 1360. The summed E-state index contributed by atoms with van der Waals surface area (Å²) in [6.07, 6.45) is 0. The maximum absolute atomic E-state index is 5.57. The van der Waals surface area contributed by atoms with Crippen LogP contribution < -0.4 is 9.47 Å². The zero-order chi connectivity index (χ0) is 21.9. The lowest BCUT2D eigenvalue weighted by Gasteiger charge is -2.14. The number of hydrogen-bond acceptors (Lipinski definition) is 3. The molecule has 0 aliphatic rings. The minimum Gasteiger partial charge on any atom is -0.493 e. The van der Waals surface area contributed by atoms with Gasteiger partial charge in [0.2, 0.25) is 0 Å². The highest BCUT2D eigenvalue weighted by Gasteiger charge is 2.14. The second-order valence-electron chi connectivity index (χ2n) is 7.59. The van der Waals surface area contributed by atoms with Gasteiger partial charge in [0.1, 0.15) is 0 Å². The highest BCUT2D eigenvalue weighted by Crippen LogP contribution is 2.38. The Kier molecular flexibility index (Phi) is 5.30. The average Bonchev–Trinajstić information content (AvgIpc) is 2.88. The molecular formula is C29H23NO2. The Labute approximate surface area is 187 Å². The number of fused-ring (bicyclic) bond motifs is 1. The molecule has 0 saturated heterocycles. The van der Waals surface area contributed by atoms with E-state index in [2.05, 4.69) is 66.7 Å². The van der Waals surface area contributed by atoms with Gasteiger partial charge in [-0.25, -0.2) is 4.98 Å². The molecule has 0 spiro atoms. The fourth-order valence-electron chi connectivity index (χ4n) is 4.02. The molecular weight excluding hydrogens is 394 g/mol. The van der Waals surface area contributed by atoms with Crippen molar-refractivity contribution in [2.75, 3.05) is 14.2 Å². The van der Waals surface area contributed by atoms with E-state index in [-0.39, 0.29) is 0 Å². The zero-order valence-electron chi connectivity index (χ0n) is 18.1. The van der Waals surface area contributed by atoms with Gasteiger partial charge in [-0.15, -0.1) is 0 Å². The van der Waals surface area contributed by atoms with E-state index in [9.17, 15) is 0 Å². The topological polar surface area (TPSA) is 31.4 Å². The molecule has 5 aromatic rings. The standard InChI is InChI=1S/C29H23NO2/c1-31-28-18-25-24(22-15-13-21(14-16-22)20-9-5-3-6-10-20)17-26(23-11-7-4-8-12-23)30-27(25)19-29(28)32-2/h3-19H,1-2H3. The summed E-state index contributed by atoms with van der Waals surface area (Å²) in [5, 5.41) is 1.02. The predicted molar refractivity (Wildman–Crippen MR) is 131 cm³/mol. The fourth-order valence-corrected chi connectivity index (χ4v) is 4.02. The monoisotopic (exact) mass is 417 g/mol. The van der Waals surface area contributed by atoms with Gasteiger partial charge in [-0.3, -0.25) is 0 Å². The lowest BCUT2D eigenvalue weighted by Crippen LogP contribution is -1.94. The summed E-state index contributed by atoms with van der Waals surface area (Å²) in [5.41, 5.74) is 7.49. The molecule has 0 amide bonds. The molecule has 156 valence electrons. The highest BCUT2D eigenvalue weighted by atomic mass is 16.5. The molecule has 1 aromatic heterocycles. The molecule has 0 fully saturated rings. The number of pyridine rings is 1. The maximum atomic E-state index is 5.57. The van der Waals surface area contributed by atoms with Crippen LogP contribution >= 0.6 is 0 Å². The van der Waals surface area contributed by atoms with Gasteiger partial charge in [0.05, 0.1) is 25.4 Å². The number of benzene rings is 4. The molecule has 0 atom stereocenters. The van der Waals surface area contributed by atoms with Crippen LogP contribution in [-0.4, -0.2) is 19.2 Å². The van der Waals surface area contributed by atoms with Crippen LogP contribution in [0.3, 0.4) is 0 Å². The van der Waals surface area contributed by atoms with E-state index in [0.717, 1.165) is 33.3 Å². The van der Waals surface area contributed by atoms with Gasteiger partial charge in [0.15, 0.2) is 11.5 Å². The third-order valence-corrected chi connectivity index (χ3v) is 5.69. The molecule has 3 nitrogen and oxygen atoms in total. The molecule has 1 heterocycles. The minimum atomic E-state index is 0.670. The van der Waals surface area contributed by atoms with Crippen molar-refractivity contribution in [3.63, 3.8) is 0 Å². The quantitative estimate of drug-likeness (QED) is 0.302. The summed E-state index contributed by atoms with van der Waals surface area (Å²) in [4.78, 5) is 4.95. The number of rotatable bonds is 5. The van der Waals surface area contributed by atoms with Crippen molar-refractivity contribution in [2.45, 2.75) is 0 Å². The molecule has 0 unspecified atom stereocenters. The van der Waals surface area contributed by atoms with Crippen molar-refractivity contribution >= 4 is 10.9 Å². The summed E-state index contributed by atoms with van der Waals surface area (Å²) in [5.74, 6) is 1.36. The van der Waals surface area contributed by atoms with E-state index in [1.54, 1.807) is 14.2 Å². The molecule has 0 bridgehead atoms. The number of aromatic nitrogens is 1. The largest absolute Gasteiger partial charge is 0.493 e. The lowest BCUT2D eigenvalue weighted by atomic mass is 9.96. The second kappa shape index (κ2) is 8.56. The van der Waals surface area contributed by atoms with Crippen LogP contribution in [0.1, 0.15) is 0 Å². The number of hydrogen-bond donors (Lipinski definition) is 0. The van der Waals surface area contributed by atoms with Crippen molar-refractivity contribution in [3.05, 3.63) is 103 Å². The molecule has 32 heavy (non-hydrogen) atoms. The smallest absolute Gasteiger partial charge is 0.162 e. The summed E-state index contributed by atoms with van der Waals surface area (Å²) in [6, 6.07) is 35.4. The Morgan fingerprint density at radius 2 is 1.06 bits per heavy atom. The van der Waals surface area contributed by atoms with Gasteiger partial charge in [-0.05, 0) is 34.4 Å². The second-order valence-corrected chi connectivity index (χ2v) is 7.59. The minimum absolute atomic E-state index is 0.670. The predicted octanol–water partition coefficient (Wildman–Crippen LogP) is 7.25. The molecule has 0 saturated carbocycles. The van der Waals surface area contributed by atoms with Crippen LogP contribution in [0, 0.1) is 0 Å². The highest BCUT2D eigenvalue weighted by molar-refractivity contribution is 5.98. The molecule has 3 heteroatoms. The Balaban J connectivity index is 1.71. The SMILES string of the molecule is COc1cc2nc(-c3ccccc3)cc(-c3ccc(-c4ccccc4)cc3)c2cc1OC. The van der Waals surface area contributed by atoms with E-state index < -0.39 is 0 Å². The molecule has 0 aliphatic heterocycles. The van der Waals surface area contributed by atoms with Crippen LogP contribution in [-0.2, 0) is 0 Å². The summed E-state index contributed by atoms with van der Waals surface area (Å²) >= 11 is 0. The van der Waals surface area contributed by atoms with Gasteiger partial charge in [0, 0.05) is 17.0 Å². The van der Waals surface area contributed by atoms with E-state index in [1.807, 2.05) is 36.4 Å². The Hall–Kier alpha value is -4.11. The van der Waals surface area contributed by atoms with E-state index >= 15 is 0 Å². The van der Waals surface area contributed by atoms with Crippen molar-refractivity contribution in [3.8, 4) is 45.0 Å². The number of ether oxygens (including phenoxy) is 2. The van der Waals surface area contributed by atoms with E-state index in [4.69, 9.17) is 14.5 Å². The molecule has 5 rings (SSSR count). The van der Waals surface area contributed by atoms with Crippen LogP contribution in [0.5, 0.6) is 11.5 Å². The van der Waals surface area contributed by atoms with Gasteiger partial charge in [0.25, 0.3) is 0 Å². The van der Waals surface area contributed by atoms with Gasteiger partial charge >= 0.3 is 0 Å². The van der Waals surface area contributed by atoms with Crippen LogP contribution in [0.4, 0.5) is 0 Å². The van der Waals surface area contributed by atoms with Crippen LogP contribution in [0.15, 0.2) is 103 Å². The molecule has 0 aliphatic carbocycles. The van der Waals surface area contributed by atoms with Crippen molar-refractivity contribution < 1.29 is 9.47 Å². The summed E-state index contributed by atoms with van der Waals surface area (Å²) < 4.78 is 11.1. The Morgan fingerprint density at radius 1 is 0.531 bits per heavy atom. The number of methoxy groups -OCH3 is 2. The van der Waals surface area contributed by atoms with Crippen molar-refractivity contribution in [2.24, 2.45) is 0 Å². The first kappa shape index (κ1) is 19.8. The lowest BCUT2D eigenvalue weighted by molar-refractivity contribution is 0.356. The van der Waals surface area contributed by atoms with Gasteiger partial charge in [-0.1, -0.05) is 84.9 Å². The van der Waals surface area contributed by atoms with E-state index in [0.29, 0.717) is 11.5 Å².